The SMILES string of the molecule is O=C(c1cscn1)N1CCOC[C@@]2(CCN(c3ncccn3)C2)C1. The lowest BCUT2D eigenvalue weighted by Gasteiger charge is -2.31. The molecule has 4 rings (SSSR count). The summed E-state index contributed by atoms with van der Waals surface area (Å²) in [5.41, 5.74) is 2.15. The Hall–Kier alpha value is -2.06. The molecule has 2 aliphatic rings. The van der Waals surface area contributed by atoms with Gasteiger partial charge >= 0.3 is 0 Å². The Kier molecular flexibility index (Phi) is 4.15. The molecule has 1 spiro atoms. The monoisotopic (exact) mass is 345 g/mol. The van der Waals surface area contributed by atoms with Gasteiger partial charge < -0.3 is 14.5 Å². The summed E-state index contributed by atoms with van der Waals surface area (Å²) in [7, 11) is 0. The van der Waals surface area contributed by atoms with E-state index in [2.05, 4.69) is 19.9 Å². The summed E-state index contributed by atoms with van der Waals surface area (Å²) in [6, 6.07) is 1.82. The number of carbonyl (C=O) groups excluding carboxylic acids is 1. The van der Waals surface area contributed by atoms with E-state index in [0.717, 1.165) is 25.5 Å². The van der Waals surface area contributed by atoms with Gasteiger partial charge in [-0.25, -0.2) is 15.0 Å². The summed E-state index contributed by atoms with van der Waals surface area (Å²) in [6.07, 6.45) is 4.48. The average Bonchev–Trinajstić information content (AvgIpc) is 3.24. The van der Waals surface area contributed by atoms with Gasteiger partial charge in [0.1, 0.15) is 5.69 Å². The number of nitrogens with zero attached hydrogens (tertiary/aromatic N) is 5. The van der Waals surface area contributed by atoms with Crippen LogP contribution >= 0.6 is 11.3 Å². The Morgan fingerprint density at radius 2 is 2.08 bits per heavy atom. The maximum atomic E-state index is 12.7. The molecule has 2 aromatic heterocycles. The van der Waals surface area contributed by atoms with Crippen molar-refractivity contribution in [1.29, 1.82) is 0 Å². The van der Waals surface area contributed by atoms with E-state index in [1.807, 2.05) is 11.0 Å². The van der Waals surface area contributed by atoms with Gasteiger partial charge in [-0.3, -0.25) is 4.79 Å². The van der Waals surface area contributed by atoms with Crippen molar-refractivity contribution < 1.29 is 9.53 Å². The number of anilines is 1. The zero-order chi connectivity index (χ0) is 16.4. The van der Waals surface area contributed by atoms with Gasteiger partial charge in [0.25, 0.3) is 5.91 Å². The molecular weight excluding hydrogens is 326 g/mol. The average molecular weight is 345 g/mol. The Bertz CT molecular complexity index is 696. The van der Waals surface area contributed by atoms with E-state index in [1.165, 1.54) is 11.3 Å². The number of rotatable bonds is 2. The van der Waals surface area contributed by atoms with Crippen LogP contribution in [0.4, 0.5) is 5.95 Å². The van der Waals surface area contributed by atoms with Gasteiger partial charge in [-0.15, -0.1) is 11.3 Å². The topological polar surface area (TPSA) is 71.5 Å². The molecule has 2 saturated heterocycles. The fourth-order valence-electron chi connectivity index (χ4n) is 3.45. The fraction of sp³-hybridized carbons (Fsp3) is 0.500. The van der Waals surface area contributed by atoms with Crippen molar-refractivity contribution in [1.82, 2.24) is 19.9 Å². The minimum absolute atomic E-state index is 0.00413. The third-order valence-corrected chi connectivity index (χ3v) is 5.24. The molecule has 0 saturated carbocycles. The lowest BCUT2D eigenvalue weighted by Crippen LogP contribution is -2.43. The van der Waals surface area contributed by atoms with Crippen molar-refractivity contribution >= 4 is 23.2 Å². The minimum atomic E-state index is -0.0681. The fourth-order valence-corrected chi connectivity index (χ4v) is 3.98. The lowest BCUT2D eigenvalue weighted by atomic mass is 9.87. The quantitative estimate of drug-likeness (QED) is 0.817. The third-order valence-electron chi connectivity index (χ3n) is 4.65. The van der Waals surface area contributed by atoms with E-state index in [9.17, 15) is 4.79 Å². The second-order valence-electron chi connectivity index (χ2n) is 6.37. The Labute approximate surface area is 144 Å². The molecule has 2 aliphatic heterocycles. The molecule has 0 N–H and O–H groups in total. The molecule has 0 aliphatic carbocycles. The number of hydrogen-bond donors (Lipinski definition) is 0. The zero-order valence-corrected chi connectivity index (χ0v) is 14.1. The molecule has 1 atom stereocenters. The van der Waals surface area contributed by atoms with Crippen molar-refractivity contribution in [2.24, 2.45) is 5.41 Å². The van der Waals surface area contributed by atoms with Gasteiger partial charge in [0, 0.05) is 49.4 Å². The summed E-state index contributed by atoms with van der Waals surface area (Å²) < 4.78 is 5.84. The molecule has 2 fully saturated rings. The van der Waals surface area contributed by atoms with E-state index in [1.54, 1.807) is 23.3 Å². The smallest absolute Gasteiger partial charge is 0.273 e. The van der Waals surface area contributed by atoms with E-state index in [0.29, 0.717) is 32.0 Å². The van der Waals surface area contributed by atoms with Gasteiger partial charge in [0.2, 0.25) is 5.95 Å². The second kappa shape index (κ2) is 6.45. The molecule has 0 aromatic carbocycles. The van der Waals surface area contributed by atoms with E-state index < -0.39 is 0 Å². The highest BCUT2D eigenvalue weighted by Gasteiger charge is 2.43. The van der Waals surface area contributed by atoms with Crippen LogP contribution in [0.5, 0.6) is 0 Å². The highest BCUT2D eigenvalue weighted by Crippen LogP contribution is 2.35. The van der Waals surface area contributed by atoms with E-state index >= 15 is 0 Å². The van der Waals surface area contributed by atoms with Gasteiger partial charge in [0.15, 0.2) is 0 Å². The maximum absolute atomic E-state index is 12.7. The van der Waals surface area contributed by atoms with Crippen LogP contribution in [0.1, 0.15) is 16.9 Å². The molecule has 24 heavy (non-hydrogen) atoms. The van der Waals surface area contributed by atoms with Crippen LogP contribution in [-0.4, -0.2) is 65.2 Å². The van der Waals surface area contributed by atoms with Crippen LogP contribution in [0.25, 0.3) is 0 Å². The number of aromatic nitrogens is 3. The van der Waals surface area contributed by atoms with Crippen LogP contribution in [0.3, 0.4) is 0 Å². The number of hydrogen-bond acceptors (Lipinski definition) is 7. The Morgan fingerprint density at radius 1 is 1.21 bits per heavy atom. The predicted molar refractivity (Wildman–Crippen MR) is 90.1 cm³/mol. The van der Waals surface area contributed by atoms with Crippen LogP contribution in [0.15, 0.2) is 29.4 Å². The van der Waals surface area contributed by atoms with E-state index in [4.69, 9.17) is 4.74 Å². The summed E-state index contributed by atoms with van der Waals surface area (Å²) >= 11 is 1.44. The second-order valence-corrected chi connectivity index (χ2v) is 7.09. The largest absolute Gasteiger partial charge is 0.379 e. The summed E-state index contributed by atoms with van der Waals surface area (Å²) in [6.45, 7) is 4.22. The molecule has 7 nitrogen and oxygen atoms in total. The number of ether oxygens (including phenoxy) is 1. The van der Waals surface area contributed by atoms with Crippen molar-refractivity contribution in [3.8, 4) is 0 Å². The number of thiazole rings is 1. The van der Waals surface area contributed by atoms with Crippen molar-refractivity contribution in [2.75, 3.05) is 44.3 Å². The molecule has 0 bridgehead atoms. The highest BCUT2D eigenvalue weighted by atomic mass is 32.1. The number of amides is 1. The van der Waals surface area contributed by atoms with Gasteiger partial charge in [-0.05, 0) is 12.5 Å². The lowest BCUT2D eigenvalue weighted by molar-refractivity contribution is 0.0686. The van der Waals surface area contributed by atoms with Gasteiger partial charge in [-0.2, -0.15) is 0 Å². The molecule has 0 unspecified atom stereocenters. The van der Waals surface area contributed by atoms with Crippen LogP contribution in [-0.2, 0) is 4.74 Å². The first-order valence-corrected chi connectivity index (χ1v) is 8.97. The highest BCUT2D eigenvalue weighted by molar-refractivity contribution is 7.07. The standard InChI is InChI=1S/C16H19N5O2S/c22-14(13-8-24-12-19-13)20-6-7-23-11-16(9-20)2-5-21(10-16)15-17-3-1-4-18-15/h1,3-4,8,12H,2,5-7,9-11H2/t16-/m0/s1. The van der Waals surface area contributed by atoms with Crippen LogP contribution in [0.2, 0.25) is 0 Å². The first kappa shape index (κ1) is 15.5. The molecule has 4 heterocycles. The van der Waals surface area contributed by atoms with E-state index in [-0.39, 0.29) is 11.3 Å². The summed E-state index contributed by atoms with van der Waals surface area (Å²) in [5.74, 6) is 0.742. The van der Waals surface area contributed by atoms with Crippen LogP contribution in [0, 0.1) is 5.41 Å². The van der Waals surface area contributed by atoms with Gasteiger partial charge in [-0.1, -0.05) is 0 Å². The molecule has 2 aromatic rings. The normalized spacial score (nSPS) is 24.3. The molecule has 0 radical (unpaired) electrons. The molecule has 1 amide bonds. The Morgan fingerprint density at radius 3 is 2.88 bits per heavy atom. The first-order chi connectivity index (χ1) is 11.8. The van der Waals surface area contributed by atoms with Crippen molar-refractivity contribution in [3.63, 3.8) is 0 Å². The van der Waals surface area contributed by atoms with Crippen molar-refractivity contribution in [3.05, 3.63) is 35.0 Å². The summed E-state index contributed by atoms with van der Waals surface area (Å²) in [4.78, 5) is 29.6. The maximum Gasteiger partial charge on any atom is 0.273 e. The molecule has 8 heteroatoms. The first-order valence-electron chi connectivity index (χ1n) is 8.03. The Balaban J connectivity index is 1.51. The minimum Gasteiger partial charge on any atom is -0.379 e. The summed E-state index contributed by atoms with van der Waals surface area (Å²) in [5, 5.41) is 1.81. The molecule has 126 valence electrons. The van der Waals surface area contributed by atoms with Gasteiger partial charge in [0.05, 0.1) is 18.7 Å². The zero-order valence-electron chi connectivity index (χ0n) is 13.3. The number of carbonyl (C=O) groups is 1. The van der Waals surface area contributed by atoms with Crippen LogP contribution < -0.4 is 4.90 Å². The van der Waals surface area contributed by atoms with Crippen molar-refractivity contribution in [2.45, 2.75) is 6.42 Å². The third kappa shape index (κ3) is 2.99. The molecular formula is C16H19N5O2S. The predicted octanol–water partition coefficient (Wildman–Crippen LogP) is 1.30.